The van der Waals surface area contributed by atoms with Gasteiger partial charge in [0.2, 0.25) is 0 Å². The molecule has 1 aromatic carbocycles. The Hall–Kier alpha value is -1.53. The normalized spacial score (nSPS) is 24.2. The Morgan fingerprint density at radius 2 is 1.68 bits per heavy atom. The molecule has 154 valence electrons. The van der Waals surface area contributed by atoms with Gasteiger partial charge in [-0.05, 0) is 48.2 Å². The van der Waals surface area contributed by atoms with Crippen LogP contribution in [0.2, 0.25) is 0 Å². The van der Waals surface area contributed by atoms with E-state index in [0.29, 0.717) is 12.0 Å². The third-order valence-electron chi connectivity index (χ3n) is 5.84. The number of aromatic nitrogens is 1. The lowest BCUT2D eigenvalue weighted by Crippen LogP contribution is -2.28. The lowest BCUT2D eigenvalue weighted by molar-refractivity contribution is 0.224. The second-order valence-corrected chi connectivity index (χ2v) is 7.51. The number of hydrogen-bond donors (Lipinski definition) is 0. The summed E-state index contributed by atoms with van der Waals surface area (Å²) >= 11 is 0. The zero-order chi connectivity index (χ0) is 18.1. The fourth-order valence-electron chi connectivity index (χ4n) is 4.70. The summed E-state index contributed by atoms with van der Waals surface area (Å²) in [6.45, 7) is 4.38. The molecule has 0 aliphatic carbocycles. The van der Waals surface area contributed by atoms with Crippen LogP contribution in [0.15, 0.2) is 42.7 Å². The number of halogens is 2. The molecular formula is C21H29Cl2N3O2. The molecule has 2 aliphatic rings. The van der Waals surface area contributed by atoms with E-state index >= 15 is 0 Å². The highest BCUT2D eigenvalue weighted by Crippen LogP contribution is 2.44. The predicted molar refractivity (Wildman–Crippen MR) is 116 cm³/mol. The van der Waals surface area contributed by atoms with Gasteiger partial charge in [0.1, 0.15) is 11.5 Å². The Kier molecular flexibility index (Phi) is 7.96. The Morgan fingerprint density at radius 1 is 0.964 bits per heavy atom. The summed E-state index contributed by atoms with van der Waals surface area (Å²) in [7, 11) is 5.66. The quantitative estimate of drug-likeness (QED) is 0.730. The van der Waals surface area contributed by atoms with Crippen molar-refractivity contribution in [3.8, 4) is 11.5 Å². The van der Waals surface area contributed by atoms with Crippen molar-refractivity contribution in [1.82, 2.24) is 14.8 Å². The molecule has 1 aromatic heterocycles. The minimum Gasteiger partial charge on any atom is -0.497 e. The molecule has 28 heavy (non-hydrogen) atoms. The van der Waals surface area contributed by atoms with Gasteiger partial charge in [0.15, 0.2) is 0 Å². The third-order valence-corrected chi connectivity index (χ3v) is 5.84. The van der Waals surface area contributed by atoms with Gasteiger partial charge in [0.25, 0.3) is 0 Å². The molecule has 2 aliphatic heterocycles. The molecule has 0 unspecified atom stereocenters. The van der Waals surface area contributed by atoms with Crippen molar-refractivity contribution >= 4 is 24.8 Å². The van der Waals surface area contributed by atoms with Crippen molar-refractivity contribution in [2.24, 2.45) is 11.8 Å². The molecule has 0 radical (unpaired) electrons. The molecule has 2 fully saturated rings. The van der Waals surface area contributed by atoms with Gasteiger partial charge in [-0.1, -0.05) is 12.1 Å². The van der Waals surface area contributed by atoms with E-state index in [0.717, 1.165) is 43.6 Å². The van der Waals surface area contributed by atoms with E-state index in [-0.39, 0.29) is 24.8 Å². The highest BCUT2D eigenvalue weighted by Gasteiger charge is 2.45. The standard InChI is InChI=1S/C21H27N3O2.2ClH/c1-23-12-17-13-24(11-15-8-19(26-3)10-22-9-15)14-20(17)21(23)16-4-6-18(25-2)7-5-16;;/h4-10,17,20-21H,11-14H2,1-3H3;2*1H/t17-,20+,21-;;/m0../s1. The Labute approximate surface area is 179 Å². The van der Waals surface area contributed by atoms with Crippen molar-refractivity contribution in [3.05, 3.63) is 53.9 Å². The fourth-order valence-corrected chi connectivity index (χ4v) is 4.70. The van der Waals surface area contributed by atoms with Gasteiger partial charge in [-0.15, -0.1) is 24.8 Å². The van der Waals surface area contributed by atoms with Crippen molar-refractivity contribution in [3.63, 3.8) is 0 Å². The van der Waals surface area contributed by atoms with Gasteiger partial charge in [-0.3, -0.25) is 14.8 Å². The minimum atomic E-state index is 0. The van der Waals surface area contributed by atoms with Crippen LogP contribution in [0.25, 0.3) is 0 Å². The zero-order valence-corrected chi connectivity index (χ0v) is 18.2. The number of hydrogen-bond acceptors (Lipinski definition) is 5. The molecule has 3 heterocycles. The minimum absolute atomic E-state index is 0. The lowest BCUT2D eigenvalue weighted by atomic mass is 9.89. The first-order chi connectivity index (χ1) is 12.7. The topological polar surface area (TPSA) is 37.8 Å². The van der Waals surface area contributed by atoms with E-state index in [1.165, 1.54) is 11.1 Å². The molecule has 0 amide bonds. The number of ether oxygens (including phenoxy) is 2. The summed E-state index contributed by atoms with van der Waals surface area (Å²) in [6, 6.07) is 11.2. The number of nitrogens with zero attached hydrogens (tertiary/aromatic N) is 3. The molecule has 5 nitrogen and oxygen atoms in total. The molecule has 2 aromatic rings. The number of likely N-dealkylation sites (tertiary alicyclic amines) is 2. The van der Waals surface area contributed by atoms with Crippen LogP contribution in [-0.4, -0.2) is 55.7 Å². The van der Waals surface area contributed by atoms with Crippen molar-refractivity contribution < 1.29 is 9.47 Å². The first-order valence-corrected chi connectivity index (χ1v) is 9.22. The maximum Gasteiger partial charge on any atom is 0.137 e. The number of rotatable bonds is 5. The van der Waals surface area contributed by atoms with Gasteiger partial charge in [-0.25, -0.2) is 0 Å². The first-order valence-electron chi connectivity index (χ1n) is 9.22. The smallest absolute Gasteiger partial charge is 0.137 e. The highest BCUT2D eigenvalue weighted by atomic mass is 35.5. The largest absolute Gasteiger partial charge is 0.497 e. The monoisotopic (exact) mass is 425 g/mol. The molecule has 3 atom stereocenters. The highest BCUT2D eigenvalue weighted by molar-refractivity contribution is 5.85. The number of benzene rings is 1. The summed E-state index contributed by atoms with van der Waals surface area (Å²) in [5.74, 6) is 3.15. The average Bonchev–Trinajstić information content (AvgIpc) is 3.17. The van der Waals surface area contributed by atoms with Crippen molar-refractivity contribution in [2.75, 3.05) is 40.9 Å². The van der Waals surface area contributed by atoms with Crippen LogP contribution in [0.5, 0.6) is 11.5 Å². The zero-order valence-electron chi connectivity index (χ0n) is 16.6. The second-order valence-electron chi connectivity index (χ2n) is 7.51. The van der Waals surface area contributed by atoms with Gasteiger partial charge < -0.3 is 9.47 Å². The van der Waals surface area contributed by atoms with Crippen LogP contribution in [-0.2, 0) is 6.54 Å². The lowest BCUT2D eigenvalue weighted by Gasteiger charge is -2.27. The average molecular weight is 426 g/mol. The summed E-state index contributed by atoms with van der Waals surface area (Å²) < 4.78 is 10.6. The Bertz CT molecular complexity index is 760. The van der Waals surface area contributed by atoms with Crippen LogP contribution in [0.3, 0.4) is 0 Å². The first kappa shape index (κ1) is 22.8. The summed E-state index contributed by atoms with van der Waals surface area (Å²) in [6.07, 6.45) is 3.71. The Morgan fingerprint density at radius 3 is 2.36 bits per heavy atom. The van der Waals surface area contributed by atoms with Crippen LogP contribution < -0.4 is 9.47 Å². The third kappa shape index (κ3) is 4.54. The molecule has 7 heteroatoms. The van der Waals surface area contributed by atoms with Gasteiger partial charge in [-0.2, -0.15) is 0 Å². The van der Waals surface area contributed by atoms with Gasteiger partial charge in [0, 0.05) is 38.4 Å². The van der Waals surface area contributed by atoms with Crippen LogP contribution >= 0.6 is 24.8 Å². The van der Waals surface area contributed by atoms with E-state index in [4.69, 9.17) is 9.47 Å². The van der Waals surface area contributed by atoms with Crippen LogP contribution in [0, 0.1) is 11.8 Å². The van der Waals surface area contributed by atoms with E-state index in [9.17, 15) is 0 Å². The SMILES string of the molecule is COc1ccc([C@H]2[C@@H]3CN(Cc4cncc(OC)c4)C[C@@H]3CN2C)cc1.Cl.Cl. The van der Waals surface area contributed by atoms with E-state index < -0.39 is 0 Å². The van der Waals surface area contributed by atoms with E-state index in [1.807, 2.05) is 6.20 Å². The molecule has 2 saturated heterocycles. The Balaban J connectivity index is 0.00000140. The summed E-state index contributed by atoms with van der Waals surface area (Å²) in [5.41, 5.74) is 2.62. The van der Waals surface area contributed by atoms with Crippen LogP contribution in [0.1, 0.15) is 17.2 Å². The van der Waals surface area contributed by atoms with E-state index in [2.05, 4.69) is 52.2 Å². The maximum atomic E-state index is 5.31. The van der Waals surface area contributed by atoms with Crippen molar-refractivity contribution in [2.45, 2.75) is 12.6 Å². The molecule has 0 N–H and O–H groups in total. The predicted octanol–water partition coefficient (Wildman–Crippen LogP) is 3.68. The number of methoxy groups -OCH3 is 2. The fraction of sp³-hybridized carbons (Fsp3) is 0.476. The second kappa shape index (κ2) is 9.79. The van der Waals surface area contributed by atoms with Crippen molar-refractivity contribution in [1.29, 1.82) is 0 Å². The molecule has 0 saturated carbocycles. The van der Waals surface area contributed by atoms with Crippen LogP contribution in [0.4, 0.5) is 0 Å². The number of fused-ring (bicyclic) bond motifs is 1. The summed E-state index contributed by atoms with van der Waals surface area (Å²) in [4.78, 5) is 9.37. The van der Waals surface area contributed by atoms with E-state index in [1.54, 1.807) is 20.4 Å². The summed E-state index contributed by atoms with van der Waals surface area (Å²) in [5, 5.41) is 0. The molecular weight excluding hydrogens is 397 g/mol. The molecule has 0 bridgehead atoms. The molecule has 0 spiro atoms. The molecule has 4 rings (SSSR count). The van der Waals surface area contributed by atoms with Gasteiger partial charge >= 0.3 is 0 Å². The number of pyridine rings is 1. The maximum absolute atomic E-state index is 5.31. The van der Waals surface area contributed by atoms with Gasteiger partial charge in [0.05, 0.1) is 20.4 Å².